The van der Waals surface area contributed by atoms with Gasteiger partial charge in [-0.2, -0.15) is 0 Å². The second-order valence-corrected chi connectivity index (χ2v) is 6.45. The minimum Gasteiger partial charge on any atom is -0.478 e. The Kier molecular flexibility index (Phi) is 3.61. The summed E-state index contributed by atoms with van der Waals surface area (Å²) < 4.78 is 17.8. The zero-order valence-electron chi connectivity index (χ0n) is 12.2. The van der Waals surface area contributed by atoms with Gasteiger partial charge in [-0.05, 0) is 63.9 Å². The lowest BCUT2D eigenvalue weighted by Gasteiger charge is -2.10. The highest BCUT2D eigenvalue weighted by atomic mass is 127. The van der Waals surface area contributed by atoms with Gasteiger partial charge in [0.05, 0.1) is 18.4 Å². The van der Waals surface area contributed by atoms with Gasteiger partial charge in [-0.25, -0.2) is 4.79 Å². The molecule has 0 amide bonds. The van der Waals surface area contributed by atoms with Crippen molar-refractivity contribution in [3.63, 3.8) is 0 Å². The maximum atomic E-state index is 11.4. The van der Waals surface area contributed by atoms with Gasteiger partial charge < -0.3 is 24.1 Å². The van der Waals surface area contributed by atoms with Gasteiger partial charge in [0.25, 0.3) is 0 Å². The van der Waals surface area contributed by atoms with Crippen molar-refractivity contribution >= 4 is 39.3 Å². The molecule has 7 heteroatoms. The predicted octanol–water partition coefficient (Wildman–Crippen LogP) is 3.70. The quantitative estimate of drug-likeness (QED) is 0.607. The van der Waals surface area contributed by atoms with Crippen LogP contribution in [0.4, 0.5) is 0 Å². The normalized spacial score (nSPS) is 15.8. The van der Waals surface area contributed by atoms with Gasteiger partial charge >= 0.3 is 12.3 Å². The van der Waals surface area contributed by atoms with Crippen molar-refractivity contribution in [3.8, 4) is 11.5 Å². The Hall–Kier alpha value is -2.26. The zero-order chi connectivity index (χ0) is 16.8. The lowest BCUT2D eigenvalue weighted by Crippen LogP contribution is -2.06. The molecule has 24 heavy (non-hydrogen) atoms. The van der Waals surface area contributed by atoms with Crippen LogP contribution in [0, 0.1) is 3.57 Å². The SMILES string of the molecule is O=C(O)c1cc2c(I)cc3c(c2cc1CO)OC(c1ccco1)O3. The summed E-state index contributed by atoms with van der Waals surface area (Å²) in [5, 5.41) is 20.2. The van der Waals surface area contributed by atoms with Crippen LogP contribution in [0.1, 0.15) is 28.0 Å². The number of furan rings is 1. The molecule has 1 atom stereocenters. The molecular formula is C17H11IO6. The number of carboxylic acids is 1. The Balaban J connectivity index is 1.90. The lowest BCUT2D eigenvalue weighted by molar-refractivity contribution is 0.0293. The summed E-state index contributed by atoms with van der Waals surface area (Å²) >= 11 is 2.12. The lowest BCUT2D eigenvalue weighted by atomic mass is 10.0. The maximum absolute atomic E-state index is 11.4. The van der Waals surface area contributed by atoms with Crippen LogP contribution in [0.15, 0.2) is 41.0 Å². The topological polar surface area (TPSA) is 89.1 Å². The smallest absolute Gasteiger partial charge is 0.336 e. The Morgan fingerprint density at radius 2 is 2.04 bits per heavy atom. The molecule has 0 spiro atoms. The molecule has 0 fully saturated rings. The summed E-state index contributed by atoms with van der Waals surface area (Å²) in [5.74, 6) is 0.528. The van der Waals surface area contributed by atoms with Crippen LogP contribution >= 0.6 is 22.6 Å². The van der Waals surface area contributed by atoms with Crippen LogP contribution in [0.5, 0.6) is 11.5 Å². The first-order valence-electron chi connectivity index (χ1n) is 7.08. The van der Waals surface area contributed by atoms with E-state index < -0.39 is 12.3 Å². The van der Waals surface area contributed by atoms with E-state index in [1.807, 2.05) is 0 Å². The molecule has 3 aromatic rings. The van der Waals surface area contributed by atoms with Crippen LogP contribution < -0.4 is 9.47 Å². The number of halogens is 1. The Morgan fingerprint density at radius 1 is 1.21 bits per heavy atom. The molecule has 4 rings (SSSR count). The average molecular weight is 438 g/mol. The number of ether oxygens (including phenoxy) is 2. The molecule has 0 saturated heterocycles. The van der Waals surface area contributed by atoms with Crippen molar-refractivity contribution < 1.29 is 28.9 Å². The summed E-state index contributed by atoms with van der Waals surface area (Å²) in [5.41, 5.74) is 0.397. The van der Waals surface area contributed by atoms with Crippen molar-refractivity contribution in [2.45, 2.75) is 12.9 Å². The van der Waals surface area contributed by atoms with E-state index >= 15 is 0 Å². The first kappa shape index (κ1) is 15.3. The van der Waals surface area contributed by atoms with E-state index in [-0.39, 0.29) is 12.2 Å². The van der Waals surface area contributed by atoms with Gasteiger partial charge in [0.2, 0.25) is 0 Å². The molecule has 1 aromatic heterocycles. The molecule has 6 nitrogen and oxygen atoms in total. The van der Waals surface area contributed by atoms with Crippen LogP contribution in [-0.4, -0.2) is 16.2 Å². The van der Waals surface area contributed by atoms with Crippen molar-refractivity contribution in [2.24, 2.45) is 0 Å². The number of aliphatic hydroxyl groups is 1. The number of hydrogen-bond acceptors (Lipinski definition) is 5. The molecular weight excluding hydrogens is 427 g/mol. The van der Waals surface area contributed by atoms with Crippen molar-refractivity contribution in [1.29, 1.82) is 0 Å². The molecule has 1 aliphatic rings. The summed E-state index contributed by atoms with van der Waals surface area (Å²) in [7, 11) is 0. The number of benzene rings is 2. The zero-order valence-corrected chi connectivity index (χ0v) is 14.3. The fourth-order valence-electron chi connectivity index (χ4n) is 2.75. The van der Waals surface area contributed by atoms with E-state index in [2.05, 4.69) is 22.6 Å². The highest BCUT2D eigenvalue weighted by Crippen LogP contribution is 2.47. The first-order valence-corrected chi connectivity index (χ1v) is 8.16. The Labute approximate surface area is 149 Å². The van der Waals surface area contributed by atoms with Crippen LogP contribution in [0.2, 0.25) is 0 Å². The van der Waals surface area contributed by atoms with Crippen molar-refractivity contribution in [3.05, 3.63) is 57.1 Å². The van der Waals surface area contributed by atoms with E-state index in [0.29, 0.717) is 28.2 Å². The summed E-state index contributed by atoms with van der Waals surface area (Å²) in [4.78, 5) is 11.4. The molecule has 1 aliphatic heterocycles. The molecule has 1 unspecified atom stereocenters. The number of carbonyl (C=O) groups is 1. The number of rotatable bonds is 3. The average Bonchev–Trinajstić information content (AvgIpc) is 3.22. The monoisotopic (exact) mass is 438 g/mol. The van der Waals surface area contributed by atoms with E-state index in [0.717, 1.165) is 8.96 Å². The van der Waals surface area contributed by atoms with E-state index in [1.54, 1.807) is 30.3 Å². The van der Waals surface area contributed by atoms with Crippen LogP contribution in [0.3, 0.4) is 0 Å². The van der Waals surface area contributed by atoms with Crippen LogP contribution in [-0.2, 0) is 6.61 Å². The van der Waals surface area contributed by atoms with Crippen molar-refractivity contribution in [1.82, 2.24) is 0 Å². The minimum absolute atomic E-state index is 0.0735. The highest BCUT2D eigenvalue weighted by molar-refractivity contribution is 14.1. The number of hydrogen-bond donors (Lipinski definition) is 2. The molecule has 0 radical (unpaired) electrons. The highest BCUT2D eigenvalue weighted by Gasteiger charge is 2.31. The largest absolute Gasteiger partial charge is 0.478 e. The van der Waals surface area contributed by atoms with Gasteiger partial charge in [-0.1, -0.05) is 0 Å². The molecule has 0 bridgehead atoms. The number of carboxylic acid groups (broad SMARTS) is 1. The predicted molar refractivity (Wildman–Crippen MR) is 92.3 cm³/mol. The third kappa shape index (κ3) is 2.31. The third-order valence-corrected chi connectivity index (χ3v) is 4.75. The third-order valence-electron chi connectivity index (χ3n) is 3.86. The van der Waals surface area contributed by atoms with E-state index in [4.69, 9.17) is 13.9 Å². The molecule has 2 N–H and O–H groups in total. The van der Waals surface area contributed by atoms with Gasteiger partial charge in [-0.3, -0.25) is 0 Å². The first-order chi connectivity index (χ1) is 11.6. The second kappa shape index (κ2) is 5.67. The van der Waals surface area contributed by atoms with E-state index in [9.17, 15) is 15.0 Å². The maximum Gasteiger partial charge on any atom is 0.336 e. The van der Waals surface area contributed by atoms with Gasteiger partial charge in [0, 0.05) is 8.96 Å². The van der Waals surface area contributed by atoms with Gasteiger partial charge in [0.15, 0.2) is 17.3 Å². The second-order valence-electron chi connectivity index (χ2n) is 5.29. The molecule has 122 valence electrons. The van der Waals surface area contributed by atoms with Gasteiger partial charge in [0.1, 0.15) is 0 Å². The number of fused-ring (bicyclic) bond motifs is 3. The number of aromatic carboxylic acids is 1. The minimum atomic E-state index is -1.08. The Bertz CT molecular complexity index is 948. The number of aliphatic hydroxyl groups excluding tert-OH is 1. The standard InChI is InChI=1S/C17H11IO6/c18-12-6-14-15(24-17(23-14)13-2-1-3-22-13)11-4-8(7-19)9(16(20)21)5-10(11)12/h1-6,17,19H,7H2,(H,20,21). The molecule has 2 heterocycles. The van der Waals surface area contributed by atoms with Crippen LogP contribution in [0.25, 0.3) is 10.8 Å². The Morgan fingerprint density at radius 3 is 2.71 bits per heavy atom. The fraction of sp³-hybridized carbons (Fsp3) is 0.118. The summed E-state index contributed by atoms with van der Waals surface area (Å²) in [6.07, 6.45) is 0.851. The molecule has 0 saturated carbocycles. The van der Waals surface area contributed by atoms with Gasteiger partial charge in [-0.15, -0.1) is 0 Å². The molecule has 2 aromatic carbocycles. The fourth-order valence-corrected chi connectivity index (χ4v) is 3.48. The van der Waals surface area contributed by atoms with E-state index in [1.165, 1.54) is 6.26 Å². The molecule has 0 aliphatic carbocycles. The summed E-state index contributed by atoms with van der Waals surface area (Å²) in [6, 6.07) is 8.48. The van der Waals surface area contributed by atoms with Crippen molar-refractivity contribution in [2.75, 3.05) is 0 Å². The summed E-state index contributed by atoms with van der Waals surface area (Å²) in [6.45, 7) is -0.375.